The molecule has 2 aliphatic heterocycles. The van der Waals surface area contributed by atoms with E-state index < -0.39 is 5.97 Å². The highest BCUT2D eigenvalue weighted by Crippen LogP contribution is 2.45. The zero-order chi connectivity index (χ0) is 12.8. The lowest BCUT2D eigenvalue weighted by molar-refractivity contribution is 0.0696. The van der Waals surface area contributed by atoms with Gasteiger partial charge >= 0.3 is 5.97 Å². The number of fused-ring (bicyclic) bond motifs is 2. The van der Waals surface area contributed by atoms with E-state index >= 15 is 0 Å². The fourth-order valence-corrected chi connectivity index (χ4v) is 3.38. The van der Waals surface area contributed by atoms with Gasteiger partial charge < -0.3 is 15.3 Å². The molecule has 2 aliphatic rings. The van der Waals surface area contributed by atoms with Crippen molar-refractivity contribution in [3.8, 4) is 0 Å². The first-order valence-corrected chi connectivity index (χ1v) is 6.42. The third kappa shape index (κ3) is 1.60. The van der Waals surface area contributed by atoms with Crippen LogP contribution in [-0.4, -0.2) is 37.8 Å². The molecule has 1 aromatic carbocycles. The van der Waals surface area contributed by atoms with Crippen LogP contribution in [0.25, 0.3) is 0 Å². The molecule has 0 bridgehead atoms. The second-order valence-corrected chi connectivity index (χ2v) is 5.42. The van der Waals surface area contributed by atoms with E-state index in [4.69, 9.17) is 5.11 Å². The minimum atomic E-state index is -0.837. The number of hydrogen-bond acceptors (Lipinski definition) is 3. The topological polar surface area (TPSA) is 52.6 Å². The predicted molar refractivity (Wildman–Crippen MR) is 70.5 cm³/mol. The normalized spacial score (nSPS) is 21.1. The summed E-state index contributed by atoms with van der Waals surface area (Å²) < 4.78 is 0. The summed E-state index contributed by atoms with van der Waals surface area (Å²) in [5.41, 5.74) is 2.98. The molecule has 0 radical (unpaired) electrons. The zero-order valence-corrected chi connectivity index (χ0v) is 10.6. The van der Waals surface area contributed by atoms with E-state index in [0.29, 0.717) is 5.56 Å². The highest BCUT2D eigenvalue weighted by atomic mass is 16.4. The standard InChI is InChI=1S/C14H18N2O2/c1-16-9-14(4-6-15-7-5-14)11-8-10(13(17)18)2-3-12(11)16/h2-3,8,15H,4-7,9H2,1H3,(H,17,18). The molecule has 0 aliphatic carbocycles. The summed E-state index contributed by atoms with van der Waals surface area (Å²) in [6.45, 7) is 3.04. The molecule has 1 fully saturated rings. The lowest BCUT2D eigenvalue weighted by Gasteiger charge is -2.34. The Morgan fingerprint density at radius 2 is 2.11 bits per heavy atom. The third-order valence-electron chi connectivity index (χ3n) is 4.33. The largest absolute Gasteiger partial charge is 0.478 e. The van der Waals surface area contributed by atoms with Crippen LogP contribution in [0.5, 0.6) is 0 Å². The van der Waals surface area contributed by atoms with Crippen LogP contribution in [0, 0.1) is 0 Å². The van der Waals surface area contributed by atoms with Gasteiger partial charge in [0.05, 0.1) is 5.56 Å². The molecule has 0 unspecified atom stereocenters. The number of benzene rings is 1. The highest BCUT2D eigenvalue weighted by Gasteiger charge is 2.42. The number of carboxylic acids is 1. The minimum Gasteiger partial charge on any atom is -0.478 e. The van der Waals surface area contributed by atoms with Crippen molar-refractivity contribution >= 4 is 11.7 Å². The maximum Gasteiger partial charge on any atom is 0.335 e. The molecule has 1 aromatic rings. The van der Waals surface area contributed by atoms with E-state index in [9.17, 15) is 4.79 Å². The van der Waals surface area contributed by atoms with Crippen molar-refractivity contribution in [1.82, 2.24) is 5.32 Å². The first-order valence-electron chi connectivity index (χ1n) is 6.42. The van der Waals surface area contributed by atoms with Gasteiger partial charge in [-0.15, -0.1) is 0 Å². The summed E-state index contributed by atoms with van der Waals surface area (Å²) in [6, 6.07) is 5.54. The van der Waals surface area contributed by atoms with E-state index in [1.54, 1.807) is 6.07 Å². The Bertz CT molecular complexity index is 493. The van der Waals surface area contributed by atoms with E-state index in [2.05, 4.69) is 17.3 Å². The Kier molecular flexibility index (Phi) is 2.55. The van der Waals surface area contributed by atoms with Crippen molar-refractivity contribution < 1.29 is 9.90 Å². The molecule has 1 spiro atoms. The van der Waals surface area contributed by atoms with Crippen molar-refractivity contribution in [2.45, 2.75) is 18.3 Å². The first-order chi connectivity index (χ1) is 8.62. The van der Waals surface area contributed by atoms with Gasteiger partial charge in [-0.1, -0.05) is 0 Å². The predicted octanol–water partition coefficient (Wildman–Crippen LogP) is 1.46. The number of carbonyl (C=O) groups is 1. The molecule has 0 atom stereocenters. The van der Waals surface area contributed by atoms with Crippen LogP contribution in [0.15, 0.2) is 18.2 Å². The Hall–Kier alpha value is -1.55. The van der Waals surface area contributed by atoms with Gasteiger partial charge in [0, 0.05) is 24.7 Å². The molecule has 0 amide bonds. The van der Waals surface area contributed by atoms with Crippen molar-refractivity contribution in [3.05, 3.63) is 29.3 Å². The molecule has 1 saturated heterocycles. The van der Waals surface area contributed by atoms with Crippen LogP contribution < -0.4 is 10.2 Å². The molecule has 18 heavy (non-hydrogen) atoms. The van der Waals surface area contributed by atoms with Gasteiger partial charge in [-0.25, -0.2) is 4.79 Å². The SMILES string of the molecule is CN1CC2(CCNCC2)c2cc(C(=O)O)ccc21. The summed E-state index contributed by atoms with van der Waals surface area (Å²) in [5.74, 6) is -0.837. The van der Waals surface area contributed by atoms with Crippen LogP contribution in [0.4, 0.5) is 5.69 Å². The first kappa shape index (κ1) is 11.5. The summed E-state index contributed by atoms with van der Waals surface area (Å²) in [4.78, 5) is 13.4. The Balaban J connectivity index is 2.09. The average Bonchev–Trinajstić information content (AvgIpc) is 2.63. The Morgan fingerprint density at radius 3 is 2.78 bits per heavy atom. The number of piperidine rings is 1. The number of likely N-dealkylation sites (N-methyl/N-ethyl adjacent to an activating group) is 1. The average molecular weight is 246 g/mol. The van der Waals surface area contributed by atoms with Crippen molar-refractivity contribution in [2.24, 2.45) is 0 Å². The molecule has 2 heterocycles. The molecule has 0 saturated carbocycles. The van der Waals surface area contributed by atoms with Gasteiger partial charge in [0.1, 0.15) is 0 Å². The van der Waals surface area contributed by atoms with E-state index in [1.165, 1.54) is 11.3 Å². The number of nitrogens with zero attached hydrogens (tertiary/aromatic N) is 1. The molecular formula is C14H18N2O2. The fourth-order valence-electron chi connectivity index (χ4n) is 3.38. The molecule has 0 aromatic heterocycles. The van der Waals surface area contributed by atoms with Gasteiger partial charge in [0.15, 0.2) is 0 Å². The Morgan fingerprint density at radius 1 is 1.39 bits per heavy atom. The van der Waals surface area contributed by atoms with Gasteiger partial charge in [0.2, 0.25) is 0 Å². The number of rotatable bonds is 1. The number of nitrogens with one attached hydrogen (secondary N) is 1. The number of anilines is 1. The molecule has 3 rings (SSSR count). The van der Waals surface area contributed by atoms with Gasteiger partial charge in [-0.05, 0) is 49.7 Å². The van der Waals surface area contributed by atoms with Gasteiger partial charge in [-0.3, -0.25) is 0 Å². The van der Waals surface area contributed by atoms with Gasteiger partial charge in [0.25, 0.3) is 0 Å². The highest BCUT2D eigenvalue weighted by molar-refractivity contribution is 5.89. The van der Waals surface area contributed by atoms with E-state index in [1.807, 2.05) is 12.1 Å². The maximum absolute atomic E-state index is 11.1. The fraction of sp³-hybridized carbons (Fsp3) is 0.500. The van der Waals surface area contributed by atoms with E-state index in [0.717, 1.165) is 32.5 Å². The van der Waals surface area contributed by atoms with Crippen molar-refractivity contribution in [2.75, 3.05) is 31.6 Å². The molecule has 4 heteroatoms. The maximum atomic E-state index is 11.1. The van der Waals surface area contributed by atoms with Crippen LogP contribution in [-0.2, 0) is 5.41 Å². The smallest absolute Gasteiger partial charge is 0.335 e. The van der Waals surface area contributed by atoms with Crippen LogP contribution >= 0.6 is 0 Å². The summed E-state index contributed by atoms with van der Waals surface area (Å²) in [6.07, 6.45) is 2.18. The number of aromatic carboxylic acids is 1. The second-order valence-electron chi connectivity index (χ2n) is 5.42. The second kappa shape index (κ2) is 3.99. The molecule has 96 valence electrons. The lowest BCUT2D eigenvalue weighted by atomic mass is 9.74. The summed E-state index contributed by atoms with van der Waals surface area (Å²) in [7, 11) is 2.09. The van der Waals surface area contributed by atoms with Crippen molar-refractivity contribution in [1.29, 1.82) is 0 Å². The van der Waals surface area contributed by atoms with Gasteiger partial charge in [-0.2, -0.15) is 0 Å². The van der Waals surface area contributed by atoms with Crippen molar-refractivity contribution in [3.63, 3.8) is 0 Å². The minimum absolute atomic E-state index is 0.154. The number of carboxylic acid groups (broad SMARTS) is 1. The summed E-state index contributed by atoms with van der Waals surface area (Å²) >= 11 is 0. The molecule has 2 N–H and O–H groups in total. The van der Waals surface area contributed by atoms with Crippen LogP contribution in [0.3, 0.4) is 0 Å². The monoisotopic (exact) mass is 246 g/mol. The lowest BCUT2D eigenvalue weighted by Crippen LogP contribution is -2.42. The molecular weight excluding hydrogens is 228 g/mol. The quantitative estimate of drug-likeness (QED) is 0.787. The van der Waals surface area contributed by atoms with Crippen LogP contribution in [0.1, 0.15) is 28.8 Å². The number of hydrogen-bond donors (Lipinski definition) is 2. The van der Waals surface area contributed by atoms with E-state index in [-0.39, 0.29) is 5.41 Å². The Labute approximate surface area is 107 Å². The van der Waals surface area contributed by atoms with Crippen LogP contribution in [0.2, 0.25) is 0 Å². The third-order valence-corrected chi connectivity index (χ3v) is 4.33. The summed E-state index contributed by atoms with van der Waals surface area (Å²) in [5, 5.41) is 12.5. The zero-order valence-electron chi connectivity index (χ0n) is 10.6. The molecule has 4 nitrogen and oxygen atoms in total.